The lowest BCUT2D eigenvalue weighted by molar-refractivity contribution is 0.0592. The average molecular weight is 407 g/mol. The third-order valence-electron chi connectivity index (χ3n) is 4.19. The van der Waals surface area contributed by atoms with Crippen LogP contribution in [0.2, 0.25) is 5.02 Å². The molecule has 0 saturated carbocycles. The highest BCUT2D eigenvalue weighted by Crippen LogP contribution is 2.24. The van der Waals surface area contributed by atoms with Crippen LogP contribution in [0.5, 0.6) is 5.75 Å². The summed E-state index contributed by atoms with van der Waals surface area (Å²) < 4.78 is 16.3. The smallest absolute Gasteiger partial charge is 0.359 e. The third kappa shape index (κ3) is 3.71. The zero-order chi connectivity index (χ0) is 20.4. The standard InChI is InChI=1S/C18H19ClN4O5/c1-10-14-15(21-28-10)17(24)23(20-16(14)18(25)27-4)9-22(2)8-11-7-12(19)5-6-13(11)26-3/h5-7H,8-9H2,1-4H3. The number of aryl methyl sites for hydroxylation is 1. The Morgan fingerprint density at radius 3 is 2.79 bits per heavy atom. The molecule has 0 aliphatic heterocycles. The van der Waals surface area contributed by atoms with Gasteiger partial charge in [0.15, 0.2) is 11.2 Å². The van der Waals surface area contributed by atoms with Gasteiger partial charge in [-0.15, -0.1) is 0 Å². The van der Waals surface area contributed by atoms with Crippen molar-refractivity contribution in [1.29, 1.82) is 0 Å². The fraction of sp³-hybridized carbons (Fsp3) is 0.333. The molecule has 0 radical (unpaired) electrons. The maximum absolute atomic E-state index is 12.7. The maximum atomic E-state index is 12.7. The van der Waals surface area contributed by atoms with Gasteiger partial charge in [0.25, 0.3) is 5.56 Å². The van der Waals surface area contributed by atoms with E-state index in [2.05, 4.69) is 10.3 Å². The Kier molecular flexibility index (Phi) is 5.66. The maximum Gasteiger partial charge on any atom is 0.359 e. The molecule has 3 rings (SSSR count). The summed E-state index contributed by atoms with van der Waals surface area (Å²) in [5, 5.41) is 8.78. The Morgan fingerprint density at radius 2 is 2.11 bits per heavy atom. The zero-order valence-electron chi connectivity index (χ0n) is 15.9. The molecule has 0 aliphatic rings. The molecule has 1 aromatic carbocycles. The summed E-state index contributed by atoms with van der Waals surface area (Å²) >= 11 is 6.07. The van der Waals surface area contributed by atoms with Crippen LogP contribution in [-0.2, 0) is 18.0 Å². The van der Waals surface area contributed by atoms with Gasteiger partial charge in [0, 0.05) is 17.1 Å². The van der Waals surface area contributed by atoms with E-state index in [1.165, 1.54) is 7.11 Å². The minimum Gasteiger partial charge on any atom is -0.496 e. The van der Waals surface area contributed by atoms with Crippen LogP contribution < -0.4 is 10.3 Å². The number of benzene rings is 1. The Hall–Kier alpha value is -2.91. The van der Waals surface area contributed by atoms with Crippen molar-refractivity contribution < 1.29 is 18.8 Å². The van der Waals surface area contributed by atoms with Crippen molar-refractivity contribution in [3.8, 4) is 5.75 Å². The van der Waals surface area contributed by atoms with Gasteiger partial charge in [-0.3, -0.25) is 9.69 Å². The molecule has 0 spiro atoms. The van der Waals surface area contributed by atoms with Crippen LogP contribution in [0, 0.1) is 6.92 Å². The summed E-state index contributed by atoms with van der Waals surface area (Å²) in [7, 11) is 4.61. The topological polar surface area (TPSA) is 99.7 Å². The lowest BCUT2D eigenvalue weighted by Gasteiger charge is -2.19. The number of fused-ring (bicyclic) bond motifs is 1. The molecule has 2 aromatic heterocycles. The van der Waals surface area contributed by atoms with Gasteiger partial charge >= 0.3 is 5.97 Å². The first-order valence-electron chi connectivity index (χ1n) is 8.32. The predicted octanol–water partition coefficient (Wildman–Crippen LogP) is 2.23. The third-order valence-corrected chi connectivity index (χ3v) is 4.43. The number of carbonyl (C=O) groups excluding carboxylic acids is 1. The monoisotopic (exact) mass is 406 g/mol. The number of halogens is 1. The molecule has 3 aromatic rings. The Labute approximate surface area is 165 Å². The molecule has 0 amide bonds. The summed E-state index contributed by atoms with van der Waals surface area (Å²) in [6.45, 7) is 2.13. The molecule has 0 bridgehead atoms. The van der Waals surface area contributed by atoms with Crippen molar-refractivity contribution in [2.75, 3.05) is 21.3 Å². The SMILES string of the molecule is COC(=O)c1nn(CN(C)Cc2cc(Cl)ccc2OC)c(=O)c2noc(C)c12. The summed E-state index contributed by atoms with van der Waals surface area (Å²) in [5.74, 6) is 0.322. The number of methoxy groups -OCH3 is 2. The normalized spacial score (nSPS) is 11.2. The van der Waals surface area contributed by atoms with Crippen molar-refractivity contribution in [1.82, 2.24) is 19.8 Å². The first-order valence-corrected chi connectivity index (χ1v) is 8.69. The highest BCUT2D eigenvalue weighted by Gasteiger charge is 2.23. The van der Waals surface area contributed by atoms with Gasteiger partial charge in [-0.2, -0.15) is 5.10 Å². The van der Waals surface area contributed by atoms with Gasteiger partial charge in [-0.05, 0) is 32.2 Å². The van der Waals surface area contributed by atoms with E-state index in [1.807, 2.05) is 4.90 Å². The van der Waals surface area contributed by atoms with Gasteiger partial charge < -0.3 is 14.0 Å². The summed E-state index contributed by atoms with van der Waals surface area (Å²) in [6, 6.07) is 5.30. The predicted molar refractivity (Wildman–Crippen MR) is 102 cm³/mol. The molecular weight excluding hydrogens is 388 g/mol. The molecule has 148 valence electrons. The fourth-order valence-electron chi connectivity index (χ4n) is 2.91. The van der Waals surface area contributed by atoms with Crippen molar-refractivity contribution in [2.24, 2.45) is 0 Å². The molecule has 0 atom stereocenters. The second-order valence-corrected chi connectivity index (χ2v) is 6.66. The summed E-state index contributed by atoms with van der Waals surface area (Å²) in [6.07, 6.45) is 0. The molecule has 0 fully saturated rings. The van der Waals surface area contributed by atoms with Crippen LogP contribution in [0.1, 0.15) is 21.8 Å². The van der Waals surface area contributed by atoms with E-state index in [0.29, 0.717) is 23.1 Å². The molecule has 28 heavy (non-hydrogen) atoms. The van der Waals surface area contributed by atoms with Gasteiger partial charge in [-0.1, -0.05) is 16.8 Å². The number of hydrogen-bond acceptors (Lipinski definition) is 8. The van der Waals surface area contributed by atoms with Crippen LogP contribution in [0.4, 0.5) is 0 Å². The van der Waals surface area contributed by atoms with Crippen LogP contribution in [0.25, 0.3) is 10.9 Å². The number of nitrogens with zero attached hydrogens (tertiary/aromatic N) is 4. The van der Waals surface area contributed by atoms with E-state index in [1.54, 1.807) is 39.3 Å². The molecule has 9 nitrogen and oxygen atoms in total. The second kappa shape index (κ2) is 7.99. The van der Waals surface area contributed by atoms with Gasteiger partial charge in [0.05, 0.1) is 26.3 Å². The molecular formula is C18H19ClN4O5. The second-order valence-electron chi connectivity index (χ2n) is 6.22. The minimum atomic E-state index is -0.677. The molecule has 0 unspecified atom stereocenters. The van der Waals surface area contributed by atoms with Gasteiger partial charge in [0.2, 0.25) is 0 Å². The van der Waals surface area contributed by atoms with E-state index < -0.39 is 11.5 Å². The van der Waals surface area contributed by atoms with Crippen molar-refractivity contribution in [3.05, 3.63) is 50.6 Å². The van der Waals surface area contributed by atoms with E-state index in [4.69, 9.17) is 25.6 Å². The Morgan fingerprint density at radius 1 is 1.36 bits per heavy atom. The number of aromatic nitrogens is 3. The Bertz CT molecular complexity index is 1090. The number of ether oxygens (including phenoxy) is 2. The van der Waals surface area contributed by atoms with Crippen LogP contribution in [0.3, 0.4) is 0 Å². The van der Waals surface area contributed by atoms with E-state index in [-0.39, 0.29) is 23.3 Å². The lowest BCUT2D eigenvalue weighted by atomic mass is 10.2. The van der Waals surface area contributed by atoms with E-state index >= 15 is 0 Å². The minimum absolute atomic E-state index is 0.0235. The molecule has 2 heterocycles. The van der Waals surface area contributed by atoms with Gasteiger partial charge in [0.1, 0.15) is 11.5 Å². The van der Waals surface area contributed by atoms with Gasteiger partial charge in [-0.25, -0.2) is 9.48 Å². The van der Waals surface area contributed by atoms with E-state index in [9.17, 15) is 9.59 Å². The van der Waals surface area contributed by atoms with E-state index in [0.717, 1.165) is 10.2 Å². The zero-order valence-corrected chi connectivity index (χ0v) is 16.6. The summed E-state index contributed by atoms with van der Waals surface area (Å²) in [5.41, 5.74) is 0.382. The largest absolute Gasteiger partial charge is 0.496 e. The van der Waals surface area contributed by atoms with Crippen molar-refractivity contribution in [2.45, 2.75) is 20.1 Å². The first-order chi connectivity index (χ1) is 13.3. The first kappa shape index (κ1) is 19.8. The fourth-order valence-corrected chi connectivity index (χ4v) is 3.11. The highest BCUT2D eigenvalue weighted by molar-refractivity contribution is 6.30. The number of carbonyl (C=O) groups is 1. The quantitative estimate of drug-likeness (QED) is 0.574. The average Bonchev–Trinajstić information content (AvgIpc) is 3.05. The summed E-state index contributed by atoms with van der Waals surface area (Å²) in [4.78, 5) is 26.7. The lowest BCUT2D eigenvalue weighted by Crippen LogP contribution is -2.33. The Balaban J connectivity index is 1.96. The highest BCUT2D eigenvalue weighted by atomic mass is 35.5. The van der Waals surface area contributed by atoms with Crippen molar-refractivity contribution >= 4 is 28.5 Å². The number of esters is 1. The van der Waals surface area contributed by atoms with Crippen LogP contribution in [-0.4, -0.2) is 47.1 Å². The number of rotatable bonds is 6. The molecule has 10 heteroatoms. The number of hydrogen-bond donors (Lipinski definition) is 0. The van der Waals surface area contributed by atoms with Crippen molar-refractivity contribution in [3.63, 3.8) is 0 Å². The van der Waals surface area contributed by atoms with Crippen LogP contribution in [0.15, 0.2) is 27.5 Å². The van der Waals surface area contributed by atoms with Crippen LogP contribution >= 0.6 is 11.6 Å². The molecule has 0 aliphatic carbocycles. The molecule has 0 N–H and O–H groups in total. The molecule has 0 saturated heterocycles.